The first kappa shape index (κ1) is 16.6. The number of rotatable bonds is 7. The Morgan fingerprint density at radius 3 is 2.68 bits per heavy atom. The molecule has 19 heavy (non-hydrogen) atoms. The van der Waals surface area contributed by atoms with Crippen molar-refractivity contribution in [3.63, 3.8) is 0 Å². The van der Waals surface area contributed by atoms with Crippen LogP contribution in [0.5, 0.6) is 0 Å². The van der Waals surface area contributed by atoms with E-state index in [1.54, 1.807) is 32.2 Å². The van der Waals surface area contributed by atoms with Crippen LogP contribution >= 0.6 is 15.9 Å². The zero-order valence-electron chi connectivity index (χ0n) is 11.0. The van der Waals surface area contributed by atoms with Crippen LogP contribution in [0.25, 0.3) is 0 Å². The first-order chi connectivity index (χ1) is 8.90. The molecule has 0 aromatic heterocycles. The Hall–Kier alpha value is -0.470. The predicted octanol–water partition coefficient (Wildman–Crippen LogP) is 1.61. The van der Waals surface area contributed by atoms with Crippen LogP contribution < -0.4 is 10.5 Å². The molecular weight excluding hydrogens is 332 g/mol. The summed E-state index contributed by atoms with van der Waals surface area (Å²) in [6.45, 7) is 2.69. The quantitative estimate of drug-likeness (QED) is 0.782. The minimum Gasteiger partial charge on any atom is -0.385 e. The summed E-state index contributed by atoms with van der Waals surface area (Å²) in [4.78, 5) is 0.217. The molecule has 1 aromatic carbocycles. The van der Waals surface area contributed by atoms with Crippen molar-refractivity contribution in [2.24, 2.45) is 5.73 Å². The van der Waals surface area contributed by atoms with E-state index >= 15 is 0 Å². The molecule has 0 saturated carbocycles. The summed E-state index contributed by atoms with van der Waals surface area (Å²) in [5.41, 5.74) is 6.39. The van der Waals surface area contributed by atoms with Crippen LogP contribution in [-0.4, -0.2) is 28.2 Å². The van der Waals surface area contributed by atoms with E-state index in [9.17, 15) is 8.42 Å². The lowest BCUT2D eigenvalue weighted by atomic mass is 10.2. The molecule has 0 radical (unpaired) electrons. The van der Waals surface area contributed by atoms with Crippen molar-refractivity contribution in [1.29, 1.82) is 0 Å². The number of halogens is 1. The summed E-state index contributed by atoms with van der Waals surface area (Å²) in [6, 6.07) is 4.79. The van der Waals surface area contributed by atoms with Crippen molar-refractivity contribution in [2.75, 3.05) is 13.7 Å². The molecular formula is C12H19BrN2O3S. The molecule has 0 fully saturated rings. The average Bonchev–Trinajstić information content (AvgIpc) is 2.35. The van der Waals surface area contributed by atoms with Crippen molar-refractivity contribution >= 4 is 26.0 Å². The molecule has 0 spiro atoms. The summed E-state index contributed by atoms with van der Waals surface area (Å²) in [7, 11) is -1.95. The standard InChI is InChI=1S/C12H19BrN2O3S/c1-9(5-6-18-2)15-19(16,17)12-4-3-10(8-14)7-11(12)13/h3-4,7,9,15H,5-6,8,14H2,1-2H3. The van der Waals surface area contributed by atoms with Crippen LogP contribution in [-0.2, 0) is 21.3 Å². The Morgan fingerprint density at radius 1 is 1.47 bits per heavy atom. The second-order valence-corrected chi connectivity index (χ2v) is 6.81. The van der Waals surface area contributed by atoms with Gasteiger partial charge in [-0.1, -0.05) is 6.07 Å². The fraction of sp³-hybridized carbons (Fsp3) is 0.500. The van der Waals surface area contributed by atoms with Gasteiger partial charge in [-0.25, -0.2) is 13.1 Å². The fourth-order valence-corrected chi connectivity index (χ4v) is 3.97. The number of nitrogens with one attached hydrogen (secondary N) is 1. The van der Waals surface area contributed by atoms with Crippen molar-refractivity contribution in [3.8, 4) is 0 Å². The molecule has 1 rings (SSSR count). The molecule has 5 nitrogen and oxygen atoms in total. The minimum atomic E-state index is -3.54. The maximum absolute atomic E-state index is 12.2. The second-order valence-electron chi connectivity index (χ2n) is 4.27. The van der Waals surface area contributed by atoms with Crippen molar-refractivity contribution in [2.45, 2.75) is 30.8 Å². The zero-order chi connectivity index (χ0) is 14.5. The summed E-state index contributed by atoms with van der Waals surface area (Å²) in [5.74, 6) is 0. The van der Waals surface area contributed by atoms with E-state index in [-0.39, 0.29) is 10.9 Å². The van der Waals surface area contributed by atoms with Gasteiger partial charge >= 0.3 is 0 Å². The van der Waals surface area contributed by atoms with E-state index < -0.39 is 10.0 Å². The number of nitrogens with two attached hydrogens (primary N) is 1. The lowest BCUT2D eigenvalue weighted by Gasteiger charge is -2.15. The Bertz CT molecular complexity index is 520. The molecule has 0 aliphatic heterocycles. The van der Waals surface area contributed by atoms with Gasteiger partial charge < -0.3 is 10.5 Å². The molecule has 1 unspecified atom stereocenters. The molecule has 0 bridgehead atoms. The van der Waals surface area contributed by atoms with Gasteiger partial charge in [0.2, 0.25) is 10.0 Å². The van der Waals surface area contributed by atoms with Gasteiger partial charge in [0.05, 0.1) is 4.90 Å². The number of ether oxygens (including phenoxy) is 1. The van der Waals surface area contributed by atoms with Crippen LogP contribution in [0.15, 0.2) is 27.6 Å². The molecule has 0 aliphatic rings. The molecule has 0 saturated heterocycles. The molecule has 1 aromatic rings. The monoisotopic (exact) mass is 350 g/mol. The summed E-state index contributed by atoms with van der Waals surface area (Å²) < 4.78 is 32.5. The zero-order valence-corrected chi connectivity index (χ0v) is 13.4. The van der Waals surface area contributed by atoms with Crippen molar-refractivity contribution in [1.82, 2.24) is 4.72 Å². The van der Waals surface area contributed by atoms with Crippen LogP contribution in [0.4, 0.5) is 0 Å². The molecule has 0 heterocycles. The number of sulfonamides is 1. The Morgan fingerprint density at radius 2 is 2.16 bits per heavy atom. The predicted molar refractivity (Wildman–Crippen MR) is 78.3 cm³/mol. The Balaban J connectivity index is 2.88. The van der Waals surface area contributed by atoms with Crippen LogP contribution in [0, 0.1) is 0 Å². The van der Waals surface area contributed by atoms with Crippen LogP contribution in [0.1, 0.15) is 18.9 Å². The lowest BCUT2D eigenvalue weighted by molar-refractivity contribution is 0.188. The number of benzene rings is 1. The first-order valence-electron chi connectivity index (χ1n) is 5.90. The SMILES string of the molecule is COCCC(C)NS(=O)(=O)c1ccc(CN)cc1Br. The van der Waals surface area contributed by atoms with Gasteiger partial charge in [0.1, 0.15) is 0 Å². The Labute approximate surface area is 122 Å². The second kappa shape index (κ2) is 7.35. The summed E-state index contributed by atoms with van der Waals surface area (Å²) >= 11 is 3.27. The van der Waals surface area contributed by atoms with Gasteiger partial charge in [0, 0.05) is 30.8 Å². The first-order valence-corrected chi connectivity index (χ1v) is 8.18. The highest BCUT2D eigenvalue weighted by molar-refractivity contribution is 9.10. The fourth-order valence-electron chi connectivity index (χ4n) is 1.57. The van der Waals surface area contributed by atoms with Crippen molar-refractivity contribution < 1.29 is 13.2 Å². The van der Waals surface area contributed by atoms with Gasteiger partial charge in [0.25, 0.3) is 0 Å². The minimum absolute atomic E-state index is 0.189. The molecule has 7 heteroatoms. The van der Waals surface area contributed by atoms with E-state index in [1.165, 1.54) is 0 Å². The van der Waals surface area contributed by atoms with E-state index in [0.29, 0.717) is 24.0 Å². The summed E-state index contributed by atoms with van der Waals surface area (Å²) in [6.07, 6.45) is 0.619. The van der Waals surface area contributed by atoms with Gasteiger partial charge in [-0.15, -0.1) is 0 Å². The molecule has 0 aliphatic carbocycles. The molecule has 0 amide bonds. The Kier molecular flexibility index (Phi) is 6.41. The topological polar surface area (TPSA) is 81.4 Å². The van der Waals surface area contributed by atoms with Crippen molar-refractivity contribution in [3.05, 3.63) is 28.2 Å². The highest BCUT2D eigenvalue weighted by Crippen LogP contribution is 2.23. The lowest BCUT2D eigenvalue weighted by Crippen LogP contribution is -2.33. The highest BCUT2D eigenvalue weighted by atomic mass is 79.9. The molecule has 1 atom stereocenters. The largest absolute Gasteiger partial charge is 0.385 e. The highest BCUT2D eigenvalue weighted by Gasteiger charge is 2.20. The number of hydrogen-bond acceptors (Lipinski definition) is 4. The van der Waals surface area contributed by atoms with Crippen LogP contribution in [0.2, 0.25) is 0 Å². The van der Waals surface area contributed by atoms with Gasteiger partial charge in [0.15, 0.2) is 0 Å². The van der Waals surface area contributed by atoms with Gasteiger partial charge in [-0.05, 0) is 47.0 Å². The summed E-state index contributed by atoms with van der Waals surface area (Å²) in [5, 5.41) is 0. The number of hydrogen-bond donors (Lipinski definition) is 2. The third-order valence-corrected chi connectivity index (χ3v) is 5.20. The molecule has 3 N–H and O–H groups in total. The average molecular weight is 351 g/mol. The van der Waals surface area contributed by atoms with Gasteiger partial charge in [-0.2, -0.15) is 0 Å². The normalized spacial score (nSPS) is 13.5. The smallest absolute Gasteiger partial charge is 0.241 e. The third kappa shape index (κ3) is 4.85. The molecule has 108 valence electrons. The maximum Gasteiger partial charge on any atom is 0.241 e. The number of methoxy groups -OCH3 is 1. The van der Waals surface area contributed by atoms with E-state index in [0.717, 1.165) is 5.56 Å². The van der Waals surface area contributed by atoms with Gasteiger partial charge in [-0.3, -0.25) is 0 Å². The van der Waals surface area contributed by atoms with Crippen LogP contribution in [0.3, 0.4) is 0 Å². The maximum atomic E-state index is 12.2. The third-order valence-electron chi connectivity index (χ3n) is 2.63. The van der Waals surface area contributed by atoms with E-state index in [1.807, 2.05) is 0 Å². The van der Waals surface area contributed by atoms with E-state index in [4.69, 9.17) is 10.5 Å². The van der Waals surface area contributed by atoms with E-state index in [2.05, 4.69) is 20.7 Å².